The van der Waals surface area contributed by atoms with Gasteiger partial charge in [0.25, 0.3) is 0 Å². The van der Waals surface area contributed by atoms with Crippen molar-refractivity contribution in [3.8, 4) is 5.69 Å². The Labute approximate surface area is 155 Å². The Kier molecular flexibility index (Phi) is 4.61. The lowest BCUT2D eigenvalue weighted by Crippen LogP contribution is -2.25. The predicted molar refractivity (Wildman–Crippen MR) is 100 cm³/mol. The van der Waals surface area contributed by atoms with Crippen LogP contribution < -0.4 is 5.32 Å². The van der Waals surface area contributed by atoms with Gasteiger partial charge in [0.15, 0.2) is 5.82 Å². The van der Waals surface area contributed by atoms with Gasteiger partial charge in [0.1, 0.15) is 5.82 Å². The first-order chi connectivity index (χ1) is 13.2. The molecule has 1 N–H and O–H groups in total. The summed E-state index contributed by atoms with van der Waals surface area (Å²) in [5, 5.41) is 14.6. The van der Waals surface area contributed by atoms with Crippen molar-refractivity contribution in [2.24, 2.45) is 0 Å². The molecule has 8 nitrogen and oxygen atoms in total. The van der Waals surface area contributed by atoms with Gasteiger partial charge in [-0.2, -0.15) is 4.68 Å². The Morgan fingerprint density at radius 3 is 2.70 bits per heavy atom. The number of carbonyl (C=O) groups excluding carboxylic acids is 1. The second kappa shape index (κ2) is 7.36. The maximum Gasteiger partial charge on any atom is 0.222 e. The monoisotopic (exact) mass is 361 g/mol. The average Bonchev–Trinajstić information content (AvgIpc) is 3.29. The zero-order chi connectivity index (χ0) is 18.6. The van der Waals surface area contributed by atoms with Gasteiger partial charge in [-0.05, 0) is 41.6 Å². The van der Waals surface area contributed by atoms with Crippen molar-refractivity contribution in [3.63, 3.8) is 0 Å². The van der Waals surface area contributed by atoms with Gasteiger partial charge >= 0.3 is 0 Å². The number of nitrogens with zero attached hydrogens (tertiary/aromatic N) is 6. The van der Waals surface area contributed by atoms with E-state index < -0.39 is 0 Å². The van der Waals surface area contributed by atoms with Crippen molar-refractivity contribution >= 4 is 16.9 Å². The van der Waals surface area contributed by atoms with Gasteiger partial charge in [0.05, 0.1) is 23.3 Å². The van der Waals surface area contributed by atoms with Crippen LogP contribution in [0.25, 0.3) is 16.7 Å². The van der Waals surface area contributed by atoms with Gasteiger partial charge < -0.3 is 9.88 Å². The number of aryl methyl sites for hydroxylation is 2. The smallest absolute Gasteiger partial charge is 0.222 e. The normalized spacial score (nSPS) is 11.0. The van der Waals surface area contributed by atoms with E-state index in [2.05, 4.69) is 30.4 Å². The average molecular weight is 361 g/mol. The van der Waals surface area contributed by atoms with Gasteiger partial charge in [-0.15, -0.1) is 5.10 Å². The van der Waals surface area contributed by atoms with Crippen LogP contribution in [0.1, 0.15) is 18.1 Å². The predicted octanol–water partition coefficient (Wildman–Crippen LogP) is 2.03. The summed E-state index contributed by atoms with van der Waals surface area (Å²) in [6.45, 7) is 2.79. The summed E-state index contributed by atoms with van der Waals surface area (Å²) in [7, 11) is 0. The summed E-state index contributed by atoms with van der Waals surface area (Å²) in [6.07, 6.45) is 0.355. The van der Waals surface area contributed by atoms with Crippen LogP contribution >= 0.6 is 0 Å². The van der Waals surface area contributed by atoms with Gasteiger partial charge in [-0.3, -0.25) is 4.79 Å². The molecule has 2 heterocycles. The maximum atomic E-state index is 12.3. The number of tetrazole rings is 1. The molecule has 4 aromatic rings. The summed E-state index contributed by atoms with van der Waals surface area (Å²) < 4.78 is 3.68. The van der Waals surface area contributed by atoms with E-state index in [0.29, 0.717) is 18.8 Å². The number of aromatic nitrogens is 6. The topological polar surface area (TPSA) is 90.5 Å². The van der Waals surface area contributed by atoms with E-state index in [1.807, 2.05) is 61.5 Å². The molecule has 4 rings (SSSR count). The number of amides is 1. The quantitative estimate of drug-likeness (QED) is 0.567. The molecule has 1 amide bonds. The third-order valence-corrected chi connectivity index (χ3v) is 4.39. The van der Waals surface area contributed by atoms with Crippen molar-refractivity contribution < 1.29 is 4.79 Å². The third-order valence-electron chi connectivity index (χ3n) is 4.39. The molecule has 0 bridgehead atoms. The molecule has 27 heavy (non-hydrogen) atoms. The van der Waals surface area contributed by atoms with Gasteiger partial charge in [0.2, 0.25) is 5.91 Å². The molecule has 0 radical (unpaired) electrons. The van der Waals surface area contributed by atoms with Crippen LogP contribution in [-0.4, -0.2) is 35.7 Å². The number of hydrogen-bond acceptors (Lipinski definition) is 5. The lowest BCUT2D eigenvalue weighted by molar-refractivity contribution is -0.121. The molecule has 0 unspecified atom stereocenters. The Hall–Kier alpha value is -3.55. The number of imidazole rings is 1. The van der Waals surface area contributed by atoms with E-state index in [1.165, 1.54) is 0 Å². The van der Waals surface area contributed by atoms with E-state index >= 15 is 0 Å². The van der Waals surface area contributed by atoms with Gasteiger partial charge in [-0.25, -0.2) is 4.98 Å². The molecule has 0 aliphatic heterocycles. The highest BCUT2D eigenvalue weighted by Crippen LogP contribution is 2.15. The second-order valence-corrected chi connectivity index (χ2v) is 6.17. The van der Waals surface area contributed by atoms with Gasteiger partial charge in [0, 0.05) is 13.0 Å². The van der Waals surface area contributed by atoms with E-state index in [-0.39, 0.29) is 12.5 Å². The van der Waals surface area contributed by atoms with Crippen LogP contribution in [0.4, 0.5) is 0 Å². The van der Waals surface area contributed by atoms with Crippen molar-refractivity contribution in [3.05, 3.63) is 66.2 Å². The number of para-hydroxylation sites is 3. The molecule has 0 spiro atoms. The lowest BCUT2D eigenvalue weighted by atomic mass is 10.3. The largest absolute Gasteiger partial charge is 0.349 e. The number of fused-ring (bicyclic) bond motifs is 1. The Balaban J connectivity index is 1.38. The molecule has 0 saturated heterocycles. The first-order valence-corrected chi connectivity index (χ1v) is 8.73. The summed E-state index contributed by atoms with van der Waals surface area (Å²) in [4.78, 5) is 16.8. The fourth-order valence-corrected chi connectivity index (χ4v) is 3.04. The number of carbonyl (C=O) groups is 1. The van der Waals surface area contributed by atoms with Crippen molar-refractivity contribution in [1.82, 2.24) is 35.1 Å². The number of hydrogen-bond donors (Lipinski definition) is 1. The third kappa shape index (κ3) is 3.55. The molecule has 0 aliphatic rings. The number of rotatable bonds is 6. The van der Waals surface area contributed by atoms with Crippen molar-refractivity contribution in [2.75, 3.05) is 0 Å². The number of benzene rings is 2. The second-order valence-electron chi connectivity index (χ2n) is 6.17. The summed E-state index contributed by atoms with van der Waals surface area (Å²) in [5.41, 5.74) is 2.83. The maximum absolute atomic E-state index is 12.3. The fourth-order valence-electron chi connectivity index (χ4n) is 3.04. The fraction of sp³-hybridized carbons (Fsp3) is 0.211. The van der Waals surface area contributed by atoms with Crippen LogP contribution in [0, 0.1) is 6.92 Å². The molecule has 2 aromatic heterocycles. The highest BCUT2D eigenvalue weighted by atomic mass is 16.1. The number of nitrogens with one attached hydrogen (secondary N) is 1. The SMILES string of the molecule is Cc1nc2ccccc2n1CCC(=O)NCc1nnnn1-c1ccccc1. The van der Waals surface area contributed by atoms with Crippen LogP contribution in [0.5, 0.6) is 0 Å². The molecule has 2 aromatic carbocycles. The Bertz CT molecular complexity index is 1070. The van der Waals surface area contributed by atoms with Crippen LogP contribution in [0.15, 0.2) is 54.6 Å². The first kappa shape index (κ1) is 16.9. The molecule has 0 aliphatic carbocycles. The molecule has 8 heteroatoms. The lowest BCUT2D eigenvalue weighted by Gasteiger charge is -2.08. The minimum absolute atomic E-state index is 0.0604. The highest BCUT2D eigenvalue weighted by Gasteiger charge is 2.11. The standard InChI is InChI=1S/C19H19N7O/c1-14-21-16-9-5-6-10-17(16)25(14)12-11-19(27)20-13-18-22-23-24-26(18)15-7-3-2-4-8-15/h2-10H,11-13H2,1H3,(H,20,27). The summed E-state index contributed by atoms with van der Waals surface area (Å²) in [5.74, 6) is 1.42. The highest BCUT2D eigenvalue weighted by molar-refractivity contribution is 5.77. The Morgan fingerprint density at radius 2 is 1.85 bits per heavy atom. The minimum atomic E-state index is -0.0604. The van der Waals surface area contributed by atoms with Gasteiger partial charge in [-0.1, -0.05) is 30.3 Å². The van der Waals surface area contributed by atoms with Crippen LogP contribution in [0.3, 0.4) is 0 Å². The Morgan fingerprint density at radius 1 is 1.07 bits per heavy atom. The van der Waals surface area contributed by atoms with Crippen molar-refractivity contribution in [2.45, 2.75) is 26.4 Å². The first-order valence-electron chi connectivity index (χ1n) is 8.73. The molecular weight excluding hydrogens is 342 g/mol. The molecule has 0 fully saturated rings. The van der Waals surface area contributed by atoms with Crippen LogP contribution in [-0.2, 0) is 17.9 Å². The molecular formula is C19H19N7O. The van der Waals surface area contributed by atoms with Crippen LogP contribution in [0.2, 0.25) is 0 Å². The zero-order valence-electron chi connectivity index (χ0n) is 14.9. The summed E-state index contributed by atoms with van der Waals surface area (Å²) in [6, 6.07) is 17.5. The molecule has 136 valence electrons. The molecule has 0 saturated carbocycles. The minimum Gasteiger partial charge on any atom is -0.349 e. The van der Waals surface area contributed by atoms with E-state index in [4.69, 9.17) is 0 Å². The van der Waals surface area contributed by atoms with Crippen molar-refractivity contribution in [1.29, 1.82) is 0 Å². The van der Waals surface area contributed by atoms with E-state index in [9.17, 15) is 4.79 Å². The zero-order valence-corrected chi connectivity index (χ0v) is 14.9. The molecule has 0 atom stereocenters. The van der Waals surface area contributed by atoms with E-state index in [0.717, 1.165) is 22.5 Å². The summed E-state index contributed by atoms with van der Waals surface area (Å²) >= 11 is 0. The van der Waals surface area contributed by atoms with E-state index in [1.54, 1.807) is 4.68 Å².